The summed E-state index contributed by atoms with van der Waals surface area (Å²) in [6.07, 6.45) is 4.79. The van der Waals surface area contributed by atoms with Crippen LogP contribution in [-0.4, -0.2) is 6.71 Å². The lowest BCUT2D eigenvalue weighted by molar-refractivity contribution is 0.332. The highest BCUT2D eigenvalue weighted by Crippen LogP contribution is 2.53. The summed E-state index contributed by atoms with van der Waals surface area (Å²) in [6.45, 7) is 38.6. The maximum atomic E-state index is 2.69. The summed E-state index contributed by atoms with van der Waals surface area (Å²) in [5, 5.41) is 0. The van der Waals surface area contributed by atoms with E-state index in [1.807, 2.05) is 0 Å². The minimum Gasteiger partial charge on any atom is -0.311 e. The summed E-state index contributed by atoms with van der Waals surface area (Å²) >= 11 is 0. The molecule has 0 atom stereocenters. The molecule has 9 rings (SSSR count). The number of hydrogen-bond acceptors (Lipinski definition) is 2. The molecule has 2 heterocycles. The van der Waals surface area contributed by atoms with E-state index in [0.29, 0.717) is 0 Å². The van der Waals surface area contributed by atoms with Crippen LogP contribution in [0.4, 0.5) is 34.1 Å². The second-order valence-electron chi connectivity index (χ2n) is 23.8. The first kappa shape index (κ1) is 40.2. The smallest absolute Gasteiger partial charge is 0.252 e. The molecule has 306 valence electrons. The molecule has 2 aliphatic carbocycles. The zero-order valence-corrected chi connectivity index (χ0v) is 39.3. The molecule has 4 aliphatic rings. The SMILES string of the molecule is Cc1cc2c3c(c1)N(c1cc(C(C)(C)C)ccc1C)c1cc(C(C)(C)C)ccc1B3c1cc3c(cc1N2c1ccc2c(c1)C(C)(C)CCC2(C)C)C(C)(C)CCC3(C)C. The number of benzene rings is 5. The van der Waals surface area contributed by atoms with Crippen molar-refractivity contribution in [2.24, 2.45) is 0 Å². The first-order valence-electron chi connectivity index (χ1n) is 22.6. The van der Waals surface area contributed by atoms with Gasteiger partial charge in [0.25, 0.3) is 6.71 Å². The number of anilines is 6. The molecule has 59 heavy (non-hydrogen) atoms. The Morgan fingerprint density at radius 3 is 1.49 bits per heavy atom. The molecule has 0 fully saturated rings. The van der Waals surface area contributed by atoms with E-state index in [1.165, 1.54) is 121 Å². The van der Waals surface area contributed by atoms with Gasteiger partial charge in [-0.15, -0.1) is 0 Å². The van der Waals surface area contributed by atoms with E-state index in [1.54, 1.807) is 0 Å². The number of fused-ring (bicyclic) bond motifs is 6. The topological polar surface area (TPSA) is 6.48 Å². The average Bonchev–Trinajstić information content (AvgIpc) is 3.14. The molecule has 0 bridgehead atoms. The number of nitrogens with zero attached hydrogens (tertiary/aromatic N) is 2. The van der Waals surface area contributed by atoms with Gasteiger partial charge in [-0.2, -0.15) is 0 Å². The highest BCUT2D eigenvalue weighted by atomic mass is 15.2. The van der Waals surface area contributed by atoms with Crippen LogP contribution in [0.3, 0.4) is 0 Å². The van der Waals surface area contributed by atoms with E-state index in [-0.39, 0.29) is 39.2 Å². The Bertz CT molecular complexity index is 2570. The monoisotopic (exact) mass is 781 g/mol. The molecule has 0 amide bonds. The van der Waals surface area contributed by atoms with Gasteiger partial charge >= 0.3 is 0 Å². The molecule has 0 radical (unpaired) electrons. The standard InChI is InChI=1S/C56H69BN2/c1-34-27-48-50-49(28-34)59(45-29-36(51(3,4)5)18-17-35(45)2)46-30-37(52(6,7)8)19-22-43(46)57(50)44-32-41-42(56(15,16)26-25-55(41,13)14)33-47(44)58(48)38-20-21-39-40(31-38)54(11,12)24-23-53(39,9)10/h17-22,27-33H,23-26H2,1-16H3. The Morgan fingerprint density at radius 1 is 0.441 bits per heavy atom. The molecule has 3 heteroatoms. The van der Waals surface area contributed by atoms with Crippen molar-refractivity contribution in [3.05, 3.63) is 123 Å². The molecule has 0 unspecified atom stereocenters. The first-order valence-corrected chi connectivity index (χ1v) is 22.6. The molecule has 5 aromatic carbocycles. The van der Waals surface area contributed by atoms with Crippen LogP contribution in [0.2, 0.25) is 0 Å². The van der Waals surface area contributed by atoms with Crippen molar-refractivity contribution in [3.8, 4) is 0 Å². The van der Waals surface area contributed by atoms with Gasteiger partial charge in [-0.25, -0.2) is 0 Å². The molecule has 2 aliphatic heterocycles. The van der Waals surface area contributed by atoms with E-state index in [9.17, 15) is 0 Å². The third-order valence-corrected chi connectivity index (χ3v) is 15.5. The van der Waals surface area contributed by atoms with E-state index in [4.69, 9.17) is 0 Å². The van der Waals surface area contributed by atoms with Crippen LogP contribution in [0.5, 0.6) is 0 Å². The maximum absolute atomic E-state index is 2.69. The summed E-state index contributed by atoms with van der Waals surface area (Å²) in [5.41, 5.74) is 23.9. The number of aryl methyl sites for hydroxylation is 2. The van der Waals surface area contributed by atoms with E-state index in [2.05, 4.69) is 199 Å². The van der Waals surface area contributed by atoms with Gasteiger partial charge in [0, 0.05) is 34.1 Å². The fourth-order valence-corrected chi connectivity index (χ4v) is 11.2. The summed E-state index contributed by atoms with van der Waals surface area (Å²) in [5.74, 6) is 0. The van der Waals surface area contributed by atoms with Crippen molar-refractivity contribution in [2.45, 2.75) is 169 Å². The van der Waals surface area contributed by atoms with Crippen molar-refractivity contribution >= 4 is 57.2 Å². The van der Waals surface area contributed by atoms with E-state index < -0.39 is 0 Å². The molecular weight excluding hydrogens is 711 g/mol. The van der Waals surface area contributed by atoms with E-state index in [0.717, 1.165) is 0 Å². The number of rotatable bonds is 2. The molecule has 0 aromatic heterocycles. The quantitative estimate of drug-likeness (QED) is 0.161. The summed E-state index contributed by atoms with van der Waals surface area (Å²) in [7, 11) is 0. The first-order chi connectivity index (χ1) is 27.3. The molecule has 0 spiro atoms. The van der Waals surface area contributed by atoms with Gasteiger partial charge in [0.15, 0.2) is 0 Å². The lowest BCUT2D eigenvalue weighted by Crippen LogP contribution is -2.62. The largest absolute Gasteiger partial charge is 0.311 e. The second-order valence-corrected chi connectivity index (χ2v) is 23.8. The van der Waals surface area contributed by atoms with Gasteiger partial charge in [-0.3, -0.25) is 0 Å². The van der Waals surface area contributed by atoms with Crippen LogP contribution in [-0.2, 0) is 32.5 Å². The van der Waals surface area contributed by atoms with Crippen molar-refractivity contribution < 1.29 is 0 Å². The second kappa shape index (κ2) is 12.7. The fourth-order valence-electron chi connectivity index (χ4n) is 11.2. The predicted octanol–water partition coefficient (Wildman–Crippen LogP) is 13.7. The van der Waals surface area contributed by atoms with Crippen molar-refractivity contribution in [3.63, 3.8) is 0 Å². The summed E-state index contributed by atoms with van der Waals surface area (Å²) < 4.78 is 0. The van der Waals surface area contributed by atoms with Crippen molar-refractivity contribution in [1.82, 2.24) is 0 Å². The van der Waals surface area contributed by atoms with E-state index >= 15 is 0 Å². The van der Waals surface area contributed by atoms with Gasteiger partial charge in [-0.1, -0.05) is 133 Å². The predicted molar refractivity (Wildman–Crippen MR) is 258 cm³/mol. The van der Waals surface area contributed by atoms with Crippen LogP contribution in [0.15, 0.2) is 78.9 Å². The van der Waals surface area contributed by atoms with Gasteiger partial charge in [0.1, 0.15) is 0 Å². The van der Waals surface area contributed by atoms with Crippen molar-refractivity contribution in [2.75, 3.05) is 9.80 Å². The Balaban J connectivity index is 1.42. The maximum Gasteiger partial charge on any atom is 0.252 e. The highest BCUT2D eigenvalue weighted by molar-refractivity contribution is 7.00. The molecule has 2 nitrogen and oxygen atoms in total. The third-order valence-electron chi connectivity index (χ3n) is 15.5. The molecule has 0 N–H and O–H groups in total. The minimum atomic E-state index is 0.00574. The fraction of sp³-hybridized carbons (Fsp3) is 0.464. The zero-order valence-electron chi connectivity index (χ0n) is 39.3. The van der Waals surface area contributed by atoms with Gasteiger partial charge in [0.05, 0.1) is 0 Å². The van der Waals surface area contributed by atoms with Gasteiger partial charge in [-0.05, 0) is 175 Å². The van der Waals surface area contributed by atoms with Crippen molar-refractivity contribution in [1.29, 1.82) is 0 Å². The van der Waals surface area contributed by atoms with Crippen LogP contribution in [0.1, 0.15) is 167 Å². The molecule has 0 saturated carbocycles. The van der Waals surface area contributed by atoms with Gasteiger partial charge < -0.3 is 9.80 Å². The van der Waals surface area contributed by atoms with Crippen LogP contribution < -0.4 is 26.2 Å². The zero-order chi connectivity index (χ0) is 42.6. The van der Waals surface area contributed by atoms with Crippen LogP contribution >= 0.6 is 0 Å². The lowest BCUT2D eigenvalue weighted by Gasteiger charge is -2.48. The highest BCUT2D eigenvalue weighted by Gasteiger charge is 2.47. The Hall–Kier alpha value is -4.24. The Morgan fingerprint density at radius 2 is 0.915 bits per heavy atom. The lowest BCUT2D eigenvalue weighted by atomic mass is 9.33. The summed E-state index contributed by atoms with van der Waals surface area (Å²) in [6, 6.07) is 32.5. The average molecular weight is 781 g/mol. The normalized spacial score (nSPS) is 19.4. The third kappa shape index (κ3) is 6.17. The molecule has 5 aromatic rings. The van der Waals surface area contributed by atoms with Gasteiger partial charge in [0.2, 0.25) is 0 Å². The minimum absolute atomic E-state index is 0.00574. The van der Waals surface area contributed by atoms with Crippen LogP contribution in [0, 0.1) is 13.8 Å². The van der Waals surface area contributed by atoms with Crippen LogP contribution in [0.25, 0.3) is 0 Å². The summed E-state index contributed by atoms with van der Waals surface area (Å²) in [4.78, 5) is 5.35. The molecule has 0 saturated heterocycles. The Kier molecular flexibility index (Phi) is 8.62. The molecular formula is C56H69BN2. The number of hydrogen-bond donors (Lipinski definition) is 0. The Labute approximate surface area is 357 Å².